The average Bonchev–Trinajstić information content (AvgIpc) is 3.02. The van der Waals surface area contributed by atoms with E-state index in [1.54, 1.807) is 0 Å². The lowest BCUT2D eigenvalue weighted by molar-refractivity contribution is -0.693. The summed E-state index contributed by atoms with van der Waals surface area (Å²) < 4.78 is 10.9. The van der Waals surface area contributed by atoms with Crippen molar-refractivity contribution in [3.8, 4) is 5.75 Å². The largest absolute Gasteiger partial charge is 1.00 e. The second kappa shape index (κ2) is 9.86. The van der Waals surface area contributed by atoms with Crippen molar-refractivity contribution in [1.82, 2.24) is 4.57 Å². The quantitative estimate of drug-likeness (QED) is 0.371. The molecule has 2 aromatic carbocycles. The van der Waals surface area contributed by atoms with Gasteiger partial charge in [-0.2, -0.15) is 4.57 Å². The van der Waals surface area contributed by atoms with Gasteiger partial charge in [-0.25, -0.2) is 0 Å². The highest BCUT2D eigenvalue weighted by molar-refractivity contribution is 6.08. The lowest BCUT2D eigenvalue weighted by Gasteiger charge is -2.13. The van der Waals surface area contributed by atoms with Crippen LogP contribution in [0.1, 0.15) is 39.0 Å². The van der Waals surface area contributed by atoms with Crippen molar-refractivity contribution < 1.29 is 26.3 Å². The molecule has 0 radical (unpaired) electrons. The zero-order valence-electron chi connectivity index (χ0n) is 19.2. The van der Waals surface area contributed by atoms with E-state index < -0.39 is 0 Å². The van der Waals surface area contributed by atoms with E-state index in [4.69, 9.17) is 4.74 Å². The fourth-order valence-corrected chi connectivity index (χ4v) is 4.19. The molecule has 31 heavy (non-hydrogen) atoms. The smallest absolute Gasteiger partial charge is 0.203 e. The Kier molecular flexibility index (Phi) is 7.42. The Labute approximate surface area is 196 Å². The minimum Gasteiger partial charge on any atom is -1.00 e. The Morgan fingerprint density at radius 3 is 2.32 bits per heavy atom. The van der Waals surface area contributed by atoms with Crippen molar-refractivity contribution in [2.24, 2.45) is 11.8 Å². The van der Waals surface area contributed by atoms with Crippen LogP contribution in [0.4, 0.5) is 0 Å². The molecule has 0 aliphatic carbocycles. The Hall–Kier alpha value is -2.33. The topological polar surface area (TPSA) is 18.0 Å². The van der Waals surface area contributed by atoms with Crippen LogP contribution in [-0.4, -0.2) is 11.2 Å². The molecule has 4 heteroatoms. The molecule has 0 spiro atoms. The highest BCUT2D eigenvalue weighted by Crippen LogP contribution is 2.33. The molecule has 2 heterocycles. The SMILES string of the molecule is Cc1c2c(cc[n+]1Cc1ccccc1)c1ccc(OCC(C)C)cc1n2CC(C)C.[Br-]. The van der Waals surface area contributed by atoms with Gasteiger partial charge < -0.3 is 26.3 Å². The summed E-state index contributed by atoms with van der Waals surface area (Å²) in [6.07, 6.45) is 2.23. The molecule has 0 bridgehead atoms. The van der Waals surface area contributed by atoms with Gasteiger partial charge in [0.15, 0.2) is 12.7 Å². The van der Waals surface area contributed by atoms with Crippen molar-refractivity contribution in [2.75, 3.05) is 6.61 Å². The number of benzene rings is 2. The molecule has 0 aliphatic rings. The first-order valence-corrected chi connectivity index (χ1v) is 11.1. The first kappa shape index (κ1) is 23.3. The summed E-state index contributed by atoms with van der Waals surface area (Å²) in [7, 11) is 0. The summed E-state index contributed by atoms with van der Waals surface area (Å²) in [6.45, 7) is 13.8. The van der Waals surface area contributed by atoms with E-state index in [1.165, 1.54) is 33.1 Å². The molecule has 0 amide bonds. The first-order valence-electron chi connectivity index (χ1n) is 11.1. The zero-order chi connectivity index (χ0) is 21.3. The summed E-state index contributed by atoms with van der Waals surface area (Å²) in [5, 5.41) is 2.63. The van der Waals surface area contributed by atoms with Crippen molar-refractivity contribution in [3.63, 3.8) is 0 Å². The van der Waals surface area contributed by atoms with E-state index in [0.717, 1.165) is 25.4 Å². The molecule has 0 aliphatic heterocycles. The minimum absolute atomic E-state index is 0. The number of nitrogens with zero attached hydrogens (tertiary/aromatic N) is 2. The Morgan fingerprint density at radius 2 is 1.65 bits per heavy atom. The maximum atomic E-state index is 6.05. The van der Waals surface area contributed by atoms with Gasteiger partial charge in [0.25, 0.3) is 0 Å². The fraction of sp³-hybridized carbons (Fsp3) is 0.370. The second-order valence-corrected chi connectivity index (χ2v) is 9.17. The molecular formula is C27H33BrN2O. The van der Waals surface area contributed by atoms with Gasteiger partial charge in [-0.3, -0.25) is 0 Å². The molecule has 3 nitrogen and oxygen atoms in total. The van der Waals surface area contributed by atoms with Crippen LogP contribution in [-0.2, 0) is 13.1 Å². The number of aromatic nitrogens is 2. The standard InChI is InChI=1S/C27H33N2O.BrH/c1-19(2)16-29-26-15-23(30-18-20(3)4)11-12-24(26)25-13-14-28(21(5)27(25)29)17-22-9-7-6-8-10-22;/h6-15,19-20H,16-18H2,1-5H3;1H/q+1;/p-1. The number of ether oxygens (including phenoxy) is 1. The maximum absolute atomic E-state index is 6.05. The first-order chi connectivity index (χ1) is 14.4. The van der Waals surface area contributed by atoms with Crippen LogP contribution in [0, 0.1) is 18.8 Å². The molecule has 0 saturated carbocycles. The summed E-state index contributed by atoms with van der Waals surface area (Å²) >= 11 is 0. The minimum atomic E-state index is 0. The molecule has 2 aromatic heterocycles. The van der Waals surface area contributed by atoms with Crippen LogP contribution >= 0.6 is 0 Å². The number of hydrogen-bond donors (Lipinski definition) is 0. The highest BCUT2D eigenvalue weighted by Gasteiger charge is 2.20. The van der Waals surface area contributed by atoms with Gasteiger partial charge in [-0.15, -0.1) is 0 Å². The molecule has 0 N–H and O–H groups in total. The van der Waals surface area contributed by atoms with E-state index in [2.05, 4.69) is 105 Å². The summed E-state index contributed by atoms with van der Waals surface area (Å²) in [5.74, 6) is 2.03. The Morgan fingerprint density at radius 1 is 0.903 bits per heavy atom. The van der Waals surface area contributed by atoms with E-state index in [-0.39, 0.29) is 17.0 Å². The third-order valence-electron chi connectivity index (χ3n) is 5.60. The molecule has 0 unspecified atom stereocenters. The number of rotatable bonds is 7. The normalized spacial score (nSPS) is 11.5. The fourth-order valence-electron chi connectivity index (χ4n) is 4.19. The van der Waals surface area contributed by atoms with Crippen LogP contribution in [0.2, 0.25) is 0 Å². The molecule has 0 fully saturated rings. The highest BCUT2D eigenvalue weighted by atomic mass is 79.9. The number of hydrogen-bond acceptors (Lipinski definition) is 1. The lowest BCUT2D eigenvalue weighted by Crippen LogP contribution is -3.00. The van der Waals surface area contributed by atoms with Crippen molar-refractivity contribution in [1.29, 1.82) is 0 Å². The van der Waals surface area contributed by atoms with Gasteiger partial charge in [0.1, 0.15) is 11.3 Å². The van der Waals surface area contributed by atoms with E-state index in [0.29, 0.717) is 11.8 Å². The molecular weight excluding hydrogens is 448 g/mol. The summed E-state index contributed by atoms with van der Waals surface area (Å²) in [6, 6.07) is 19.5. The molecule has 4 aromatic rings. The van der Waals surface area contributed by atoms with Gasteiger partial charge >= 0.3 is 0 Å². The monoisotopic (exact) mass is 480 g/mol. The third kappa shape index (κ3) is 4.95. The van der Waals surface area contributed by atoms with Crippen LogP contribution < -0.4 is 26.3 Å². The van der Waals surface area contributed by atoms with Gasteiger partial charge in [-0.1, -0.05) is 58.0 Å². The van der Waals surface area contributed by atoms with Gasteiger partial charge in [0, 0.05) is 41.9 Å². The number of pyridine rings is 1. The predicted molar refractivity (Wildman–Crippen MR) is 125 cm³/mol. The van der Waals surface area contributed by atoms with E-state index in [9.17, 15) is 0 Å². The van der Waals surface area contributed by atoms with E-state index in [1.807, 2.05) is 0 Å². The Bertz CT molecular complexity index is 1160. The van der Waals surface area contributed by atoms with Crippen LogP contribution in [0.25, 0.3) is 21.8 Å². The average molecular weight is 481 g/mol. The van der Waals surface area contributed by atoms with Crippen molar-refractivity contribution >= 4 is 21.8 Å². The van der Waals surface area contributed by atoms with E-state index >= 15 is 0 Å². The predicted octanol–water partition coefficient (Wildman–Crippen LogP) is 3.13. The summed E-state index contributed by atoms with van der Waals surface area (Å²) in [4.78, 5) is 0. The molecule has 4 rings (SSSR count). The number of halogens is 1. The van der Waals surface area contributed by atoms with Crippen molar-refractivity contribution in [3.05, 3.63) is 72.1 Å². The third-order valence-corrected chi connectivity index (χ3v) is 5.60. The second-order valence-electron chi connectivity index (χ2n) is 9.17. The van der Waals surface area contributed by atoms with Gasteiger partial charge in [0.2, 0.25) is 5.69 Å². The lowest BCUT2D eigenvalue weighted by atomic mass is 10.1. The van der Waals surface area contributed by atoms with Crippen LogP contribution in [0.15, 0.2) is 60.8 Å². The maximum Gasteiger partial charge on any atom is 0.203 e. The molecule has 0 saturated heterocycles. The van der Waals surface area contributed by atoms with Crippen LogP contribution in [0.3, 0.4) is 0 Å². The Balaban J connectivity index is 0.00000272. The van der Waals surface area contributed by atoms with Crippen LogP contribution in [0.5, 0.6) is 5.75 Å². The van der Waals surface area contributed by atoms with Gasteiger partial charge in [-0.05, 0) is 24.0 Å². The zero-order valence-corrected chi connectivity index (χ0v) is 20.8. The number of aryl methyl sites for hydroxylation is 1. The van der Waals surface area contributed by atoms with Gasteiger partial charge in [0.05, 0.1) is 12.1 Å². The van der Waals surface area contributed by atoms with Crippen molar-refractivity contribution in [2.45, 2.75) is 47.7 Å². The summed E-state index contributed by atoms with van der Waals surface area (Å²) in [5.41, 5.74) is 5.22. The molecule has 164 valence electrons. The number of fused-ring (bicyclic) bond motifs is 3. The molecule has 0 atom stereocenters.